The number of nitrogens with one attached hydrogen (secondary N) is 4. The number of H-pyrrole nitrogens is 1. The largest absolute Gasteiger partial charge is 0.490 e. The van der Waals surface area contributed by atoms with E-state index in [1.54, 1.807) is 0 Å². The fourth-order valence-electron chi connectivity index (χ4n) is 2.98. The summed E-state index contributed by atoms with van der Waals surface area (Å²) in [5.74, 6) is -5.50. The van der Waals surface area contributed by atoms with E-state index in [4.69, 9.17) is 31.6 Å². The molecule has 2 rings (SSSR count). The lowest BCUT2D eigenvalue weighted by Crippen LogP contribution is -2.32. The minimum absolute atomic E-state index is 0.164. The van der Waals surface area contributed by atoms with Crippen LogP contribution in [0.1, 0.15) is 29.2 Å². The molecule has 9 N–H and O–H groups in total. The van der Waals surface area contributed by atoms with Gasteiger partial charge in [0.1, 0.15) is 5.69 Å². The van der Waals surface area contributed by atoms with E-state index < -0.39 is 67.8 Å². The Balaban J connectivity index is 0.00000101. The Kier molecular flexibility index (Phi) is 11.1. The highest BCUT2D eigenvalue weighted by molar-refractivity contribution is 7.92. The molecule has 13 nitrogen and oxygen atoms in total. The molecule has 0 spiro atoms. The monoisotopic (exact) mass is 604 g/mol. The summed E-state index contributed by atoms with van der Waals surface area (Å²) in [6.45, 7) is 1.22. The maximum Gasteiger partial charge on any atom is 0.490 e. The number of benzene rings is 1. The Labute approximate surface area is 221 Å². The number of carbonyl (C=O) groups excluding carboxylic acids is 1. The number of primary amides is 1. The zero-order chi connectivity index (χ0) is 31.1. The van der Waals surface area contributed by atoms with Crippen molar-refractivity contribution in [3.05, 3.63) is 57.5 Å². The van der Waals surface area contributed by atoms with Crippen LogP contribution in [0.15, 0.2) is 40.0 Å². The Morgan fingerprint density at radius 2 is 1.70 bits per heavy atom. The highest BCUT2D eigenvalue weighted by Gasteiger charge is 2.39. The fourth-order valence-corrected chi connectivity index (χ4v) is 4.30. The number of sulfonamides is 1. The van der Waals surface area contributed by atoms with E-state index in [1.807, 2.05) is 10.2 Å². The van der Waals surface area contributed by atoms with Crippen LogP contribution in [0.5, 0.6) is 0 Å². The Morgan fingerprint density at radius 1 is 1.15 bits per heavy atom. The third-order valence-corrected chi connectivity index (χ3v) is 5.98. The number of hydrogen-bond donors (Lipinski definition) is 7. The van der Waals surface area contributed by atoms with Crippen molar-refractivity contribution in [2.24, 2.45) is 11.5 Å². The lowest BCUT2D eigenvalue weighted by molar-refractivity contribution is -0.192. The molecule has 0 aliphatic heterocycles. The van der Waals surface area contributed by atoms with Crippen molar-refractivity contribution in [1.82, 2.24) is 10.5 Å². The number of alkyl halides is 6. The second kappa shape index (κ2) is 13.2. The topological polar surface area (TPSA) is 231 Å². The Bertz CT molecular complexity index is 1410. The number of aromatic nitrogens is 1. The predicted octanol–water partition coefficient (Wildman–Crippen LogP) is 1.51. The van der Waals surface area contributed by atoms with E-state index >= 15 is 0 Å². The molecule has 0 saturated carbocycles. The quantitative estimate of drug-likeness (QED) is 0.0722. The van der Waals surface area contributed by atoms with E-state index in [2.05, 4.69) is 4.98 Å². The van der Waals surface area contributed by atoms with Crippen LogP contribution in [0.3, 0.4) is 0 Å². The molecule has 1 unspecified atom stereocenters. The van der Waals surface area contributed by atoms with Crippen molar-refractivity contribution in [3.63, 3.8) is 0 Å². The van der Waals surface area contributed by atoms with Gasteiger partial charge in [-0.25, -0.2) is 18.7 Å². The highest BCUT2D eigenvalue weighted by atomic mass is 32.2. The second-order valence-electron chi connectivity index (χ2n) is 7.62. The standard InChI is InChI=1S/C18H21F3N6O5S.C2HF3O2/c1-9-8-11(10(15(22)28)6-7-32-26-17(23)24)14(16(29)25-9)27-33(30,31)13-5-3-2-4-12(13)18(19,20)21;3-2(4,5)1(6)7/h2-5,8,10,27H,6-7H2,1H3,(H2,22,28)(H,25,29)(H4,23,24,26);(H,6,7). The van der Waals surface area contributed by atoms with Crippen LogP contribution in [-0.4, -0.2) is 49.1 Å². The number of guanidine groups is 1. The number of rotatable bonds is 9. The Morgan fingerprint density at radius 3 is 2.17 bits per heavy atom. The van der Waals surface area contributed by atoms with Crippen molar-refractivity contribution in [3.8, 4) is 0 Å². The number of aryl methyl sites for hydroxylation is 1. The van der Waals surface area contributed by atoms with Crippen molar-refractivity contribution in [2.75, 3.05) is 11.3 Å². The molecule has 40 heavy (non-hydrogen) atoms. The molecular weight excluding hydrogens is 582 g/mol. The second-order valence-corrected chi connectivity index (χ2v) is 9.27. The summed E-state index contributed by atoms with van der Waals surface area (Å²) >= 11 is 0. The maximum absolute atomic E-state index is 13.3. The molecule has 0 radical (unpaired) electrons. The smallest absolute Gasteiger partial charge is 0.475 e. The van der Waals surface area contributed by atoms with Crippen molar-refractivity contribution >= 4 is 33.5 Å². The van der Waals surface area contributed by atoms with Gasteiger partial charge in [-0.2, -0.15) is 26.3 Å². The number of nitrogens with two attached hydrogens (primary N) is 2. The number of anilines is 1. The van der Waals surface area contributed by atoms with Crippen LogP contribution >= 0.6 is 0 Å². The summed E-state index contributed by atoms with van der Waals surface area (Å²) in [6.07, 6.45) is -10.2. The third kappa shape index (κ3) is 9.76. The van der Waals surface area contributed by atoms with Gasteiger partial charge in [-0.15, -0.1) is 0 Å². The number of halogens is 6. The minimum Gasteiger partial charge on any atom is -0.475 e. The molecule has 0 fully saturated rings. The van der Waals surface area contributed by atoms with E-state index in [0.717, 1.165) is 18.2 Å². The summed E-state index contributed by atoms with van der Waals surface area (Å²) in [5, 5.41) is 14.1. The van der Waals surface area contributed by atoms with Crippen LogP contribution in [0.25, 0.3) is 0 Å². The molecule has 0 saturated heterocycles. The third-order valence-electron chi connectivity index (χ3n) is 4.57. The first-order valence-electron chi connectivity index (χ1n) is 10.4. The van der Waals surface area contributed by atoms with Gasteiger partial charge in [0, 0.05) is 5.69 Å². The lowest BCUT2D eigenvalue weighted by atomic mass is 9.94. The zero-order valence-electron chi connectivity index (χ0n) is 20.1. The average Bonchev–Trinajstić information content (AvgIpc) is 2.79. The molecule has 2 aromatic rings. The molecule has 1 heterocycles. The first kappa shape index (κ1) is 33.7. The molecule has 0 aliphatic rings. The van der Waals surface area contributed by atoms with Crippen LogP contribution in [0, 0.1) is 12.3 Å². The van der Waals surface area contributed by atoms with Gasteiger partial charge in [0.15, 0.2) is 0 Å². The molecule has 20 heteroatoms. The summed E-state index contributed by atoms with van der Waals surface area (Å²) in [7, 11) is -4.91. The number of aliphatic carboxylic acids is 1. The minimum atomic E-state index is -5.08. The average molecular weight is 604 g/mol. The van der Waals surface area contributed by atoms with Crippen LogP contribution in [0.4, 0.5) is 32.0 Å². The molecule has 1 atom stereocenters. The molecule has 0 aliphatic carbocycles. The number of pyridine rings is 1. The summed E-state index contributed by atoms with van der Waals surface area (Å²) < 4.78 is 99.3. The number of hydrogen-bond acceptors (Lipinski definition) is 7. The number of carboxylic acid groups (broad SMARTS) is 1. The summed E-state index contributed by atoms with van der Waals surface area (Å²) in [5.41, 5.74) is 9.50. The zero-order valence-corrected chi connectivity index (χ0v) is 20.9. The fraction of sp³-hybridized carbons (Fsp3) is 0.300. The number of carboxylic acids is 1. The number of carbonyl (C=O) groups is 2. The lowest BCUT2D eigenvalue weighted by Gasteiger charge is -2.20. The van der Waals surface area contributed by atoms with Crippen LogP contribution in [0.2, 0.25) is 0 Å². The van der Waals surface area contributed by atoms with Crippen molar-refractivity contribution < 1.29 is 54.3 Å². The van der Waals surface area contributed by atoms with Gasteiger partial charge in [0.25, 0.3) is 15.6 Å². The summed E-state index contributed by atoms with van der Waals surface area (Å²) in [4.78, 5) is 39.6. The van der Waals surface area contributed by atoms with Gasteiger partial charge in [0.05, 0.1) is 23.0 Å². The highest BCUT2D eigenvalue weighted by Crippen LogP contribution is 2.35. The Hall–Kier alpha value is -4.33. The molecular formula is C20H22F6N6O7S. The summed E-state index contributed by atoms with van der Waals surface area (Å²) in [6, 6.07) is 4.70. The molecule has 1 aromatic heterocycles. The van der Waals surface area contributed by atoms with Crippen molar-refractivity contribution in [1.29, 1.82) is 5.41 Å². The van der Waals surface area contributed by atoms with Gasteiger partial charge in [-0.3, -0.25) is 24.6 Å². The van der Waals surface area contributed by atoms with E-state index in [-0.39, 0.29) is 24.3 Å². The molecule has 1 aromatic carbocycles. The molecule has 222 valence electrons. The van der Waals surface area contributed by atoms with Gasteiger partial charge < -0.3 is 21.6 Å². The van der Waals surface area contributed by atoms with E-state index in [0.29, 0.717) is 6.07 Å². The van der Waals surface area contributed by atoms with Crippen LogP contribution < -0.4 is 27.2 Å². The SMILES string of the molecule is Cc1cc(C(CCONC(=N)N)C(N)=O)c(NS(=O)(=O)c2ccccc2C(F)(F)F)c(=O)[nH]1.O=C(O)C(F)(F)F. The molecule has 0 bridgehead atoms. The first-order valence-corrected chi connectivity index (χ1v) is 11.9. The maximum atomic E-state index is 13.3. The number of aromatic amines is 1. The molecule has 1 amide bonds. The number of hydroxylamine groups is 1. The number of amides is 1. The van der Waals surface area contributed by atoms with Gasteiger partial charge in [0.2, 0.25) is 11.9 Å². The van der Waals surface area contributed by atoms with Gasteiger partial charge in [-0.05, 0) is 37.1 Å². The van der Waals surface area contributed by atoms with Gasteiger partial charge >= 0.3 is 18.3 Å². The van der Waals surface area contributed by atoms with E-state index in [9.17, 15) is 44.3 Å². The van der Waals surface area contributed by atoms with Crippen LogP contribution in [-0.2, 0) is 30.6 Å². The first-order chi connectivity index (χ1) is 18.2. The van der Waals surface area contributed by atoms with Gasteiger partial charge in [-0.1, -0.05) is 12.1 Å². The van der Waals surface area contributed by atoms with Crippen molar-refractivity contribution in [2.45, 2.75) is 36.5 Å². The predicted molar refractivity (Wildman–Crippen MR) is 125 cm³/mol. The normalized spacial score (nSPS) is 12.5. The van der Waals surface area contributed by atoms with E-state index in [1.165, 1.54) is 13.0 Å².